The summed E-state index contributed by atoms with van der Waals surface area (Å²) in [5.41, 5.74) is 1.37. The lowest BCUT2D eigenvalue weighted by Crippen LogP contribution is -2.19. The fourth-order valence-electron chi connectivity index (χ4n) is 2.02. The van der Waals surface area contributed by atoms with E-state index in [0.717, 1.165) is 25.1 Å². The molecule has 22 heavy (non-hydrogen) atoms. The first-order valence-corrected chi connectivity index (χ1v) is 7.35. The fourth-order valence-corrected chi connectivity index (χ4v) is 2.02. The van der Waals surface area contributed by atoms with Crippen LogP contribution in [0, 0.1) is 5.82 Å². The topological polar surface area (TPSA) is 45.2 Å². The van der Waals surface area contributed by atoms with E-state index in [2.05, 4.69) is 22.1 Å². The molecule has 0 unspecified atom stereocenters. The summed E-state index contributed by atoms with van der Waals surface area (Å²) in [7, 11) is 1.99. The van der Waals surface area contributed by atoms with Gasteiger partial charge < -0.3 is 10.2 Å². The number of halogens is 1. The highest BCUT2D eigenvalue weighted by Crippen LogP contribution is 2.15. The number of nitrogens with one attached hydrogen (secondary N) is 1. The third-order valence-corrected chi connectivity index (χ3v) is 3.39. The smallest absolute Gasteiger partial charge is 0.274 e. The van der Waals surface area contributed by atoms with Crippen molar-refractivity contribution >= 4 is 17.3 Å². The van der Waals surface area contributed by atoms with Crippen molar-refractivity contribution in [2.24, 2.45) is 0 Å². The van der Waals surface area contributed by atoms with E-state index in [-0.39, 0.29) is 11.4 Å². The van der Waals surface area contributed by atoms with Crippen molar-refractivity contribution in [3.63, 3.8) is 0 Å². The summed E-state index contributed by atoms with van der Waals surface area (Å²) in [6.45, 7) is 3.08. The Kier molecular flexibility index (Phi) is 5.47. The van der Waals surface area contributed by atoms with Gasteiger partial charge in [0, 0.05) is 13.6 Å². The molecule has 0 spiro atoms. The number of carbonyl (C=O) groups is 1. The van der Waals surface area contributed by atoms with Crippen LogP contribution in [0.1, 0.15) is 30.3 Å². The first kappa shape index (κ1) is 15.9. The second-order valence-corrected chi connectivity index (χ2v) is 5.11. The Morgan fingerprint density at radius 2 is 2.05 bits per heavy atom. The number of aromatic nitrogens is 1. The van der Waals surface area contributed by atoms with Gasteiger partial charge in [-0.2, -0.15) is 0 Å². The Labute approximate surface area is 130 Å². The summed E-state index contributed by atoms with van der Waals surface area (Å²) in [6, 6.07) is 9.55. The molecule has 0 radical (unpaired) electrons. The van der Waals surface area contributed by atoms with Gasteiger partial charge in [-0.15, -0.1) is 0 Å². The summed E-state index contributed by atoms with van der Waals surface area (Å²) < 4.78 is 13.5. The average Bonchev–Trinajstić information content (AvgIpc) is 2.55. The van der Waals surface area contributed by atoms with Crippen molar-refractivity contribution < 1.29 is 9.18 Å². The van der Waals surface area contributed by atoms with Crippen molar-refractivity contribution in [3.05, 3.63) is 54.1 Å². The van der Waals surface area contributed by atoms with Crippen LogP contribution in [0.2, 0.25) is 0 Å². The van der Waals surface area contributed by atoms with Crippen LogP contribution in [-0.2, 0) is 0 Å². The van der Waals surface area contributed by atoms with Gasteiger partial charge in [0.2, 0.25) is 0 Å². The number of unbranched alkanes of at least 4 members (excludes halogenated alkanes) is 1. The number of carbonyl (C=O) groups excluding carboxylic acids is 1. The van der Waals surface area contributed by atoms with Gasteiger partial charge in [0.1, 0.15) is 11.5 Å². The van der Waals surface area contributed by atoms with E-state index in [1.807, 2.05) is 13.1 Å². The van der Waals surface area contributed by atoms with Crippen LogP contribution in [0.25, 0.3) is 0 Å². The molecule has 0 fully saturated rings. The summed E-state index contributed by atoms with van der Waals surface area (Å²) in [4.78, 5) is 18.3. The van der Waals surface area contributed by atoms with Crippen LogP contribution >= 0.6 is 0 Å². The summed E-state index contributed by atoms with van der Waals surface area (Å²) in [6.07, 6.45) is 3.89. The molecule has 1 heterocycles. The highest BCUT2D eigenvalue weighted by molar-refractivity contribution is 6.03. The molecule has 2 aromatic rings. The van der Waals surface area contributed by atoms with Crippen LogP contribution in [0.3, 0.4) is 0 Å². The number of rotatable bonds is 6. The highest BCUT2D eigenvalue weighted by atomic mass is 19.1. The first-order valence-electron chi connectivity index (χ1n) is 7.35. The molecule has 1 aromatic heterocycles. The Hall–Kier alpha value is -2.43. The maximum Gasteiger partial charge on any atom is 0.274 e. The van der Waals surface area contributed by atoms with E-state index in [0.29, 0.717) is 0 Å². The SMILES string of the molecule is CCCCN(C)c1ccc(C(=O)Nc2ccccc2F)nc1. The van der Waals surface area contributed by atoms with E-state index in [1.54, 1.807) is 24.4 Å². The summed E-state index contributed by atoms with van der Waals surface area (Å²) >= 11 is 0. The molecule has 0 saturated heterocycles. The van der Waals surface area contributed by atoms with Crippen molar-refractivity contribution in [1.82, 2.24) is 4.98 Å². The van der Waals surface area contributed by atoms with Crippen LogP contribution in [0.4, 0.5) is 15.8 Å². The Bertz CT molecular complexity index is 628. The number of para-hydroxylation sites is 1. The van der Waals surface area contributed by atoms with E-state index in [9.17, 15) is 9.18 Å². The van der Waals surface area contributed by atoms with Crippen LogP contribution in [-0.4, -0.2) is 24.5 Å². The maximum absolute atomic E-state index is 13.5. The predicted octanol–water partition coefficient (Wildman–Crippen LogP) is 3.71. The molecule has 0 aliphatic heterocycles. The Morgan fingerprint density at radius 3 is 2.68 bits per heavy atom. The first-order chi connectivity index (χ1) is 10.6. The number of benzene rings is 1. The molecule has 0 bridgehead atoms. The van der Waals surface area contributed by atoms with E-state index in [4.69, 9.17) is 0 Å². The van der Waals surface area contributed by atoms with Crippen LogP contribution in [0.5, 0.6) is 0 Å². The zero-order valence-corrected chi connectivity index (χ0v) is 12.8. The molecular weight excluding hydrogens is 281 g/mol. The molecule has 5 heteroatoms. The molecule has 0 aliphatic rings. The maximum atomic E-state index is 13.5. The van der Waals surface area contributed by atoms with Gasteiger partial charge in [-0.1, -0.05) is 25.5 Å². The second-order valence-electron chi connectivity index (χ2n) is 5.11. The van der Waals surface area contributed by atoms with Gasteiger partial charge in [-0.05, 0) is 30.7 Å². The lowest BCUT2D eigenvalue weighted by molar-refractivity contribution is 0.102. The molecule has 0 aliphatic carbocycles. The average molecular weight is 301 g/mol. The summed E-state index contributed by atoms with van der Waals surface area (Å²) in [5, 5.41) is 2.52. The van der Waals surface area contributed by atoms with Gasteiger partial charge in [0.25, 0.3) is 5.91 Å². The van der Waals surface area contributed by atoms with Crippen LogP contribution in [0.15, 0.2) is 42.6 Å². The fraction of sp³-hybridized carbons (Fsp3) is 0.294. The largest absolute Gasteiger partial charge is 0.373 e. The highest BCUT2D eigenvalue weighted by Gasteiger charge is 2.10. The molecule has 0 atom stereocenters. The Balaban J connectivity index is 2.04. The Morgan fingerprint density at radius 1 is 1.27 bits per heavy atom. The van der Waals surface area contributed by atoms with Crippen molar-refractivity contribution in [2.75, 3.05) is 23.8 Å². The lowest BCUT2D eigenvalue weighted by Gasteiger charge is -2.18. The molecule has 1 aromatic carbocycles. The number of hydrogen-bond acceptors (Lipinski definition) is 3. The zero-order chi connectivity index (χ0) is 15.9. The van der Waals surface area contributed by atoms with Gasteiger partial charge in [-0.25, -0.2) is 9.37 Å². The van der Waals surface area contributed by atoms with E-state index < -0.39 is 11.7 Å². The minimum Gasteiger partial charge on any atom is -0.373 e. The quantitative estimate of drug-likeness (QED) is 0.884. The molecular formula is C17H20FN3O. The number of pyridine rings is 1. The van der Waals surface area contributed by atoms with Crippen LogP contribution < -0.4 is 10.2 Å². The van der Waals surface area contributed by atoms with Crippen molar-refractivity contribution in [3.8, 4) is 0 Å². The third-order valence-electron chi connectivity index (χ3n) is 3.39. The van der Waals surface area contributed by atoms with Gasteiger partial charge in [0.05, 0.1) is 17.6 Å². The van der Waals surface area contributed by atoms with Gasteiger partial charge in [0.15, 0.2) is 0 Å². The minimum atomic E-state index is -0.466. The van der Waals surface area contributed by atoms with Gasteiger partial charge >= 0.3 is 0 Å². The van der Waals surface area contributed by atoms with E-state index >= 15 is 0 Å². The van der Waals surface area contributed by atoms with Crippen molar-refractivity contribution in [1.29, 1.82) is 0 Å². The minimum absolute atomic E-state index is 0.151. The third kappa shape index (κ3) is 4.04. The summed E-state index contributed by atoms with van der Waals surface area (Å²) in [5.74, 6) is -0.889. The molecule has 2 rings (SSSR count). The number of anilines is 2. The zero-order valence-electron chi connectivity index (χ0n) is 12.8. The monoisotopic (exact) mass is 301 g/mol. The predicted molar refractivity (Wildman–Crippen MR) is 86.8 cm³/mol. The number of hydrogen-bond donors (Lipinski definition) is 1. The molecule has 4 nitrogen and oxygen atoms in total. The molecule has 1 amide bonds. The molecule has 0 saturated carbocycles. The normalized spacial score (nSPS) is 10.3. The van der Waals surface area contributed by atoms with Crippen molar-refractivity contribution in [2.45, 2.75) is 19.8 Å². The lowest BCUT2D eigenvalue weighted by atomic mass is 10.2. The number of amides is 1. The van der Waals surface area contributed by atoms with Gasteiger partial charge in [-0.3, -0.25) is 4.79 Å². The van der Waals surface area contributed by atoms with E-state index in [1.165, 1.54) is 12.1 Å². The number of nitrogens with zero attached hydrogens (tertiary/aromatic N) is 2. The molecule has 116 valence electrons. The second kappa shape index (κ2) is 7.54. The molecule has 1 N–H and O–H groups in total. The standard InChI is InChI=1S/C17H20FN3O/c1-3-4-11-21(2)13-9-10-16(19-12-13)17(22)20-15-8-6-5-7-14(15)18/h5-10,12H,3-4,11H2,1-2H3,(H,20,22).